The first-order chi connectivity index (χ1) is 13.8. The summed E-state index contributed by atoms with van der Waals surface area (Å²) in [4.78, 5) is 23.0. The van der Waals surface area contributed by atoms with Gasteiger partial charge < -0.3 is 19.4 Å². The van der Waals surface area contributed by atoms with Crippen LogP contribution in [0.3, 0.4) is 0 Å². The summed E-state index contributed by atoms with van der Waals surface area (Å²) in [5, 5.41) is 3.17. The Labute approximate surface area is 163 Å². The number of nitrogens with one attached hydrogen (secondary N) is 1. The van der Waals surface area contributed by atoms with Crippen molar-refractivity contribution in [2.75, 3.05) is 18.4 Å². The van der Waals surface area contributed by atoms with Gasteiger partial charge in [-0.25, -0.2) is 4.98 Å². The van der Waals surface area contributed by atoms with Gasteiger partial charge in [0.05, 0.1) is 24.6 Å². The lowest BCUT2D eigenvalue weighted by molar-refractivity contribution is 0.0594. The van der Waals surface area contributed by atoms with Crippen molar-refractivity contribution in [3.8, 4) is 5.75 Å². The van der Waals surface area contributed by atoms with Gasteiger partial charge in [0, 0.05) is 38.3 Å². The summed E-state index contributed by atoms with van der Waals surface area (Å²) in [6, 6.07) is 11.1. The van der Waals surface area contributed by atoms with Gasteiger partial charge in [-0.15, -0.1) is 0 Å². The van der Waals surface area contributed by atoms with Crippen molar-refractivity contribution in [2.24, 2.45) is 0 Å². The van der Waals surface area contributed by atoms with Crippen LogP contribution in [0, 0.1) is 0 Å². The lowest BCUT2D eigenvalue weighted by Gasteiger charge is -2.32. The molecule has 1 fully saturated rings. The van der Waals surface area contributed by atoms with E-state index in [2.05, 4.69) is 15.3 Å². The van der Waals surface area contributed by atoms with Crippen LogP contribution < -0.4 is 10.1 Å². The summed E-state index contributed by atoms with van der Waals surface area (Å²) >= 11 is 0. The van der Waals surface area contributed by atoms with E-state index in [1.54, 1.807) is 30.9 Å². The summed E-state index contributed by atoms with van der Waals surface area (Å²) < 4.78 is 11.2. The van der Waals surface area contributed by atoms with Crippen LogP contribution in [0.4, 0.5) is 5.82 Å². The minimum atomic E-state index is 0.00455. The Kier molecular flexibility index (Phi) is 5.51. The Morgan fingerprint density at radius 3 is 2.75 bits per heavy atom. The SMILES string of the molecule is O=C(c1ccc(NCc2ccco2)nc1)N1CCC(Oc2cccnc2)CC1. The standard InChI is InChI=1S/C21H22N4O3/c26-21(16-5-6-20(23-13-16)24-15-18-4-2-12-27-18)25-10-7-17(8-11-25)28-19-3-1-9-22-14-19/h1-6,9,12-14,17H,7-8,10-11,15H2,(H,23,24). The molecule has 3 aromatic heterocycles. The van der Waals surface area contributed by atoms with Gasteiger partial charge in [0.25, 0.3) is 5.91 Å². The third-order valence-corrected chi connectivity index (χ3v) is 4.70. The lowest BCUT2D eigenvalue weighted by atomic mass is 10.1. The van der Waals surface area contributed by atoms with Crippen LogP contribution in [0.15, 0.2) is 65.7 Å². The number of ether oxygens (including phenoxy) is 1. The molecule has 0 aromatic carbocycles. The van der Waals surface area contributed by atoms with E-state index in [1.807, 2.05) is 35.2 Å². The van der Waals surface area contributed by atoms with Gasteiger partial charge in [-0.05, 0) is 36.4 Å². The Morgan fingerprint density at radius 2 is 2.07 bits per heavy atom. The molecule has 28 heavy (non-hydrogen) atoms. The molecule has 0 unspecified atom stereocenters. The number of piperidine rings is 1. The van der Waals surface area contributed by atoms with Crippen molar-refractivity contribution in [3.05, 3.63) is 72.6 Å². The average Bonchev–Trinajstić information content (AvgIpc) is 3.27. The van der Waals surface area contributed by atoms with Crippen LogP contribution in [0.2, 0.25) is 0 Å². The first-order valence-corrected chi connectivity index (χ1v) is 9.36. The molecule has 0 spiro atoms. The number of likely N-dealkylation sites (tertiary alicyclic amines) is 1. The van der Waals surface area contributed by atoms with E-state index < -0.39 is 0 Å². The summed E-state index contributed by atoms with van der Waals surface area (Å²) in [5.41, 5.74) is 0.593. The maximum atomic E-state index is 12.7. The lowest BCUT2D eigenvalue weighted by Crippen LogP contribution is -2.41. The monoisotopic (exact) mass is 378 g/mol. The fraction of sp³-hybridized carbons (Fsp3) is 0.286. The molecule has 7 nitrogen and oxygen atoms in total. The van der Waals surface area contributed by atoms with E-state index in [0.717, 1.165) is 24.4 Å². The first-order valence-electron chi connectivity index (χ1n) is 9.36. The average molecular weight is 378 g/mol. The normalized spacial score (nSPS) is 14.6. The van der Waals surface area contributed by atoms with Crippen LogP contribution in [0.1, 0.15) is 29.0 Å². The zero-order chi connectivity index (χ0) is 19.2. The van der Waals surface area contributed by atoms with E-state index in [1.165, 1.54) is 0 Å². The fourth-order valence-corrected chi connectivity index (χ4v) is 3.18. The molecule has 1 saturated heterocycles. The van der Waals surface area contributed by atoms with Crippen molar-refractivity contribution < 1.29 is 13.9 Å². The Hall–Kier alpha value is -3.35. The highest BCUT2D eigenvalue weighted by Crippen LogP contribution is 2.19. The highest BCUT2D eigenvalue weighted by Gasteiger charge is 2.25. The third kappa shape index (κ3) is 4.49. The number of hydrogen-bond donors (Lipinski definition) is 1. The van der Waals surface area contributed by atoms with Gasteiger partial charge in [0.15, 0.2) is 0 Å². The highest BCUT2D eigenvalue weighted by molar-refractivity contribution is 5.94. The summed E-state index contributed by atoms with van der Waals surface area (Å²) in [7, 11) is 0. The van der Waals surface area contributed by atoms with Crippen molar-refractivity contribution >= 4 is 11.7 Å². The largest absolute Gasteiger partial charge is 0.489 e. The number of pyridine rings is 2. The molecular formula is C21H22N4O3. The molecule has 0 aliphatic carbocycles. The predicted octanol–water partition coefficient (Wildman–Crippen LogP) is 3.37. The summed E-state index contributed by atoms with van der Waals surface area (Å²) in [6.45, 7) is 1.89. The number of aromatic nitrogens is 2. The van der Waals surface area contributed by atoms with Crippen LogP contribution in [0.5, 0.6) is 5.75 Å². The van der Waals surface area contributed by atoms with E-state index in [4.69, 9.17) is 9.15 Å². The van der Waals surface area contributed by atoms with Crippen molar-refractivity contribution in [1.82, 2.24) is 14.9 Å². The van der Waals surface area contributed by atoms with Gasteiger partial charge in [-0.3, -0.25) is 9.78 Å². The number of amides is 1. The van der Waals surface area contributed by atoms with Gasteiger partial charge >= 0.3 is 0 Å². The quantitative estimate of drug-likeness (QED) is 0.708. The smallest absolute Gasteiger partial charge is 0.255 e. The van der Waals surface area contributed by atoms with Gasteiger partial charge in [0.2, 0.25) is 0 Å². The fourth-order valence-electron chi connectivity index (χ4n) is 3.18. The molecule has 144 valence electrons. The number of rotatable bonds is 6. The molecule has 3 aromatic rings. The van der Waals surface area contributed by atoms with Crippen molar-refractivity contribution in [2.45, 2.75) is 25.5 Å². The molecule has 1 aliphatic heterocycles. The van der Waals surface area contributed by atoms with Crippen LogP contribution >= 0.6 is 0 Å². The van der Waals surface area contributed by atoms with E-state index >= 15 is 0 Å². The second-order valence-electron chi connectivity index (χ2n) is 6.66. The molecule has 7 heteroatoms. The Morgan fingerprint density at radius 1 is 1.18 bits per heavy atom. The zero-order valence-electron chi connectivity index (χ0n) is 15.5. The molecule has 0 bridgehead atoms. The van der Waals surface area contributed by atoms with Crippen molar-refractivity contribution in [3.63, 3.8) is 0 Å². The van der Waals surface area contributed by atoms with Crippen LogP contribution in [0.25, 0.3) is 0 Å². The summed E-state index contributed by atoms with van der Waals surface area (Å²) in [6.07, 6.45) is 8.40. The molecule has 0 saturated carbocycles. The van der Waals surface area contributed by atoms with E-state index in [9.17, 15) is 4.79 Å². The van der Waals surface area contributed by atoms with Crippen molar-refractivity contribution in [1.29, 1.82) is 0 Å². The number of anilines is 1. The summed E-state index contributed by atoms with van der Waals surface area (Å²) in [5.74, 6) is 2.31. The number of carbonyl (C=O) groups is 1. The predicted molar refractivity (Wildman–Crippen MR) is 104 cm³/mol. The minimum Gasteiger partial charge on any atom is -0.489 e. The second kappa shape index (κ2) is 8.56. The zero-order valence-corrected chi connectivity index (χ0v) is 15.5. The number of nitrogens with zero attached hydrogens (tertiary/aromatic N) is 3. The van der Waals surface area contributed by atoms with Gasteiger partial charge in [-0.1, -0.05) is 0 Å². The topological polar surface area (TPSA) is 80.5 Å². The van der Waals surface area contributed by atoms with Crippen LogP contribution in [-0.2, 0) is 6.54 Å². The molecule has 1 amide bonds. The van der Waals surface area contributed by atoms with Crippen LogP contribution in [-0.4, -0.2) is 40.0 Å². The molecule has 1 N–H and O–H groups in total. The molecule has 0 radical (unpaired) electrons. The van der Waals surface area contributed by atoms with E-state index in [0.29, 0.717) is 31.0 Å². The molecule has 1 aliphatic rings. The van der Waals surface area contributed by atoms with Gasteiger partial charge in [0.1, 0.15) is 23.4 Å². The number of hydrogen-bond acceptors (Lipinski definition) is 6. The molecule has 0 atom stereocenters. The van der Waals surface area contributed by atoms with E-state index in [-0.39, 0.29) is 12.0 Å². The molecule has 4 heterocycles. The molecular weight excluding hydrogens is 356 g/mol. The maximum Gasteiger partial charge on any atom is 0.255 e. The maximum absolute atomic E-state index is 12.7. The number of furan rings is 1. The second-order valence-corrected chi connectivity index (χ2v) is 6.66. The number of carbonyl (C=O) groups excluding carboxylic acids is 1. The first kappa shape index (κ1) is 18.0. The van der Waals surface area contributed by atoms with Gasteiger partial charge in [-0.2, -0.15) is 0 Å². The Bertz CT molecular complexity index is 874. The Balaban J connectivity index is 1.27. The molecule has 4 rings (SSSR count). The third-order valence-electron chi connectivity index (χ3n) is 4.70. The minimum absolute atomic E-state index is 0.00455. The highest BCUT2D eigenvalue weighted by atomic mass is 16.5.